The van der Waals surface area contributed by atoms with E-state index in [1.54, 1.807) is 0 Å². The van der Waals surface area contributed by atoms with Crippen LogP contribution in [0.25, 0.3) is 0 Å². The highest BCUT2D eigenvalue weighted by atomic mass is 32.1. The van der Waals surface area contributed by atoms with Gasteiger partial charge in [-0.05, 0) is 26.1 Å². The van der Waals surface area contributed by atoms with E-state index in [1.165, 1.54) is 0 Å². The van der Waals surface area contributed by atoms with Crippen LogP contribution in [0.1, 0.15) is 20.3 Å². The summed E-state index contributed by atoms with van der Waals surface area (Å²) in [6.07, 6.45) is -6.03. The molecule has 0 unspecified atom stereocenters. The molecule has 0 amide bonds. The standard InChI is InChI=1S/C14H28N2O7S/c1-3-21-9(22-4-2)5-6-15-14(24)16-13-12(20)11(19)10(18)8(7-17)23-13/h8-13,17-20H,3-7H2,1-2H3,(H2,15,16,24)/t8-,10-,11+,12-,13-/m1/s1. The van der Waals surface area contributed by atoms with Crippen molar-refractivity contribution >= 4 is 17.3 Å². The third kappa shape index (κ3) is 6.37. The Morgan fingerprint density at radius 3 is 2.29 bits per heavy atom. The molecule has 0 bridgehead atoms. The molecule has 0 spiro atoms. The van der Waals surface area contributed by atoms with Gasteiger partial charge < -0.3 is 45.3 Å². The first-order chi connectivity index (χ1) is 11.4. The molecule has 0 aromatic carbocycles. The molecule has 9 nitrogen and oxygen atoms in total. The summed E-state index contributed by atoms with van der Waals surface area (Å²) < 4.78 is 16.1. The van der Waals surface area contributed by atoms with Crippen molar-refractivity contribution in [3.8, 4) is 0 Å². The molecule has 0 aliphatic carbocycles. The van der Waals surface area contributed by atoms with Gasteiger partial charge in [-0.25, -0.2) is 0 Å². The predicted octanol–water partition coefficient (Wildman–Crippen LogP) is -1.96. The zero-order valence-corrected chi connectivity index (χ0v) is 14.7. The van der Waals surface area contributed by atoms with E-state index in [0.717, 1.165) is 0 Å². The fourth-order valence-corrected chi connectivity index (χ4v) is 2.51. The fourth-order valence-electron chi connectivity index (χ4n) is 2.29. The van der Waals surface area contributed by atoms with E-state index in [0.29, 0.717) is 26.2 Å². The molecule has 0 saturated carbocycles. The van der Waals surface area contributed by atoms with Crippen LogP contribution in [-0.2, 0) is 14.2 Å². The first kappa shape index (κ1) is 21.5. The number of aliphatic hydroxyl groups is 4. The third-order valence-electron chi connectivity index (χ3n) is 3.54. The summed E-state index contributed by atoms with van der Waals surface area (Å²) >= 11 is 5.11. The van der Waals surface area contributed by atoms with Gasteiger partial charge in [0.15, 0.2) is 17.6 Å². The summed E-state index contributed by atoms with van der Waals surface area (Å²) in [4.78, 5) is 0. The highest BCUT2D eigenvalue weighted by Gasteiger charge is 2.43. The summed E-state index contributed by atoms with van der Waals surface area (Å²) in [7, 11) is 0. The molecule has 1 aliphatic heterocycles. The molecule has 6 N–H and O–H groups in total. The van der Waals surface area contributed by atoms with Crippen LogP contribution in [-0.4, -0.2) is 88.8 Å². The van der Waals surface area contributed by atoms with E-state index in [9.17, 15) is 15.3 Å². The van der Waals surface area contributed by atoms with Crippen LogP contribution in [0, 0.1) is 0 Å². The number of rotatable bonds is 9. The predicted molar refractivity (Wildman–Crippen MR) is 89.2 cm³/mol. The van der Waals surface area contributed by atoms with Crippen LogP contribution in [0.5, 0.6) is 0 Å². The fraction of sp³-hybridized carbons (Fsp3) is 0.929. The van der Waals surface area contributed by atoms with Crippen LogP contribution in [0.15, 0.2) is 0 Å². The van der Waals surface area contributed by atoms with Crippen molar-refractivity contribution in [2.24, 2.45) is 0 Å². The molecule has 1 rings (SSSR count). The Balaban J connectivity index is 2.40. The molecule has 5 atom stereocenters. The van der Waals surface area contributed by atoms with E-state index >= 15 is 0 Å². The van der Waals surface area contributed by atoms with Gasteiger partial charge in [0.25, 0.3) is 0 Å². The maximum absolute atomic E-state index is 9.92. The summed E-state index contributed by atoms with van der Waals surface area (Å²) in [6, 6.07) is 0. The van der Waals surface area contributed by atoms with E-state index < -0.39 is 37.3 Å². The topological polar surface area (TPSA) is 133 Å². The first-order valence-electron chi connectivity index (χ1n) is 8.02. The van der Waals surface area contributed by atoms with Crippen LogP contribution in [0.4, 0.5) is 0 Å². The van der Waals surface area contributed by atoms with E-state index in [1.807, 2.05) is 13.8 Å². The van der Waals surface area contributed by atoms with Crippen molar-refractivity contribution in [3.05, 3.63) is 0 Å². The number of ether oxygens (including phenoxy) is 3. The maximum atomic E-state index is 9.92. The molecule has 1 heterocycles. The SMILES string of the molecule is CCOC(CCNC(=S)N[C@@H]1O[C@H](CO)[C@@H](O)[C@H](O)[C@H]1O)OCC. The Bertz CT molecular complexity index is 369. The summed E-state index contributed by atoms with van der Waals surface area (Å²) in [5.41, 5.74) is 0. The lowest BCUT2D eigenvalue weighted by molar-refractivity contribution is -0.232. The molecule has 0 aromatic rings. The molecule has 0 aromatic heterocycles. The molecule has 142 valence electrons. The van der Waals surface area contributed by atoms with Gasteiger partial charge in [-0.2, -0.15) is 0 Å². The van der Waals surface area contributed by atoms with Gasteiger partial charge in [-0.3, -0.25) is 0 Å². The van der Waals surface area contributed by atoms with Gasteiger partial charge in [-0.15, -0.1) is 0 Å². The summed E-state index contributed by atoms with van der Waals surface area (Å²) in [5, 5.41) is 44.3. The molecule has 1 aliphatic rings. The monoisotopic (exact) mass is 368 g/mol. The van der Waals surface area contributed by atoms with Crippen molar-refractivity contribution in [2.45, 2.75) is 57.2 Å². The van der Waals surface area contributed by atoms with Crippen LogP contribution >= 0.6 is 12.2 Å². The van der Waals surface area contributed by atoms with E-state index in [4.69, 9.17) is 31.5 Å². The minimum absolute atomic E-state index is 0.200. The van der Waals surface area contributed by atoms with Crippen molar-refractivity contribution in [1.29, 1.82) is 0 Å². The Hall–Kier alpha value is -0.590. The zero-order valence-electron chi connectivity index (χ0n) is 13.9. The van der Waals surface area contributed by atoms with Crippen molar-refractivity contribution in [3.63, 3.8) is 0 Å². The van der Waals surface area contributed by atoms with Crippen LogP contribution < -0.4 is 10.6 Å². The summed E-state index contributed by atoms with van der Waals surface area (Å²) in [6.45, 7) is 4.81. The lowest BCUT2D eigenvalue weighted by Crippen LogP contribution is -2.64. The Morgan fingerprint density at radius 1 is 1.12 bits per heavy atom. The molecular weight excluding hydrogens is 340 g/mol. The average molecular weight is 368 g/mol. The highest BCUT2D eigenvalue weighted by Crippen LogP contribution is 2.19. The van der Waals surface area contributed by atoms with Gasteiger partial charge in [-0.1, -0.05) is 0 Å². The lowest BCUT2D eigenvalue weighted by atomic mass is 9.98. The smallest absolute Gasteiger partial charge is 0.168 e. The molecule has 24 heavy (non-hydrogen) atoms. The van der Waals surface area contributed by atoms with E-state index in [2.05, 4.69) is 10.6 Å². The lowest BCUT2D eigenvalue weighted by Gasteiger charge is -2.40. The van der Waals surface area contributed by atoms with Crippen molar-refractivity contribution < 1.29 is 34.6 Å². The summed E-state index contributed by atoms with van der Waals surface area (Å²) in [5.74, 6) is 0. The van der Waals surface area contributed by atoms with Crippen molar-refractivity contribution in [1.82, 2.24) is 10.6 Å². The number of hydrogen-bond donors (Lipinski definition) is 6. The number of nitrogens with one attached hydrogen (secondary N) is 2. The minimum atomic E-state index is -1.45. The minimum Gasteiger partial charge on any atom is -0.394 e. The largest absolute Gasteiger partial charge is 0.394 e. The van der Waals surface area contributed by atoms with Crippen LogP contribution in [0.3, 0.4) is 0 Å². The molecule has 1 saturated heterocycles. The second kappa shape index (κ2) is 11.1. The molecule has 10 heteroatoms. The zero-order chi connectivity index (χ0) is 18.1. The number of aliphatic hydroxyl groups excluding tert-OH is 4. The number of hydrogen-bond acceptors (Lipinski definition) is 8. The Kier molecular flexibility index (Phi) is 9.93. The van der Waals surface area contributed by atoms with Gasteiger partial charge in [0.2, 0.25) is 0 Å². The number of thiocarbonyl (C=S) groups is 1. The average Bonchev–Trinajstić information content (AvgIpc) is 2.55. The Labute approximate surface area is 146 Å². The van der Waals surface area contributed by atoms with Crippen molar-refractivity contribution in [2.75, 3.05) is 26.4 Å². The molecule has 1 fully saturated rings. The molecule has 0 radical (unpaired) electrons. The second-order valence-corrected chi connectivity index (χ2v) is 5.69. The van der Waals surface area contributed by atoms with Gasteiger partial charge in [0, 0.05) is 26.2 Å². The third-order valence-corrected chi connectivity index (χ3v) is 3.80. The van der Waals surface area contributed by atoms with Crippen LogP contribution in [0.2, 0.25) is 0 Å². The van der Waals surface area contributed by atoms with Gasteiger partial charge in [0.05, 0.1) is 6.61 Å². The molecular formula is C14H28N2O7S. The Morgan fingerprint density at radius 2 is 1.75 bits per heavy atom. The van der Waals surface area contributed by atoms with Gasteiger partial charge >= 0.3 is 0 Å². The van der Waals surface area contributed by atoms with E-state index in [-0.39, 0.29) is 11.4 Å². The quantitative estimate of drug-likeness (QED) is 0.201. The maximum Gasteiger partial charge on any atom is 0.168 e. The highest BCUT2D eigenvalue weighted by molar-refractivity contribution is 7.80. The van der Waals surface area contributed by atoms with Gasteiger partial charge in [0.1, 0.15) is 24.4 Å². The first-order valence-corrected chi connectivity index (χ1v) is 8.43. The normalized spacial score (nSPS) is 30.4. The second-order valence-electron chi connectivity index (χ2n) is 5.28.